The zero-order valence-corrected chi connectivity index (χ0v) is 17.4. The molecule has 0 amide bonds. The highest BCUT2D eigenvalue weighted by Gasteiger charge is 2.17. The molecule has 148 valence electrons. The summed E-state index contributed by atoms with van der Waals surface area (Å²) in [6.07, 6.45) is 0. The van der Waals surface area contributed by atoms with Gasteiger partial charge >= 0.3 is 0 Å². The summed E-state index contributed by atoms with van der Waals surface area (Å²) in [5.74, 6) is 0.559. The van der Waals surface area contributed by atoms with Crippen molar-refractivity contribution in [3.8, 4) is 11.5 Å². The Morgan fingerprint density at radius 2 is 1.83 bits per heavy atom. The van der Waals surface area contributed by atoms with Gasteiger partial charge in [0.2, 0.25) is 0 Å². The van der Waals surface area contributed by atoms with Gasteiger partial charge in [-0.05, 0) is 61.5 Å². The minimum atomic E-state index is -3.71. The fourth-order valence-electron chi connectivity index (χ4n) is 2.74. The van der Waals surface area contributed by atoms with Gasteiger partial charge in [0.15, 0.2) is 0 Å². The number of pyridine rings is 1. The Labute approximate surface area is 175 Å². The van der Waals surface area contributed by atoms with Gasteiger partial charge in [0.25, 0.3) is 10.0 Å². The normalized spacial score (nSPS) is 11.6. The molecule has 0 saturated carbocycles. The number of fused-ring (bicyclic) bond motifs is 1. The molecular weight excluding hydrogens is 435 g/mol. The number of sulfonamides is 1. The second-order valence-corrected chi connectivity index (χ2v) is 9.84. The van der Waals surface area contributed by atoms with Gasteiger partial charge in [0, 0.05) is 22.8 Å². The maximum atomic E-state index is 13.7. The first-order valence-electron chi connectivity index (χ1n) is 8.43. The summed E-state index contributed by atoms with van der Waals surface area (Å²) in [6, 6.07) is 15.4. The lowest BCUT2D eigenvalue weighted by Gasteiger charge is -2.11. The van der Waals surface area contributed by atoms with E-state index in [1.54, 1.807) is 36.4 Å². The summed E-state index contributed by atoms with van der Waals surface area (Å²) >= 11 is 6.79. The van der Waals surface area contributed by atoms with E-state index >= 15 is 0 Å². The van der Waals surface area contributed by atoms with Crippen molar-refractivity contribution in [2.75, 3.05) is 4.72 Å². The van der Waals surface area contributed by atoms with Crippen molar-refractivity contribution in [3.63, 3.8) is 0 Å². The summed E-state index contributed by atoms with van der Waals surface area (Å²) in [4.78, 5) is 4.37. The highest BCUT2D eigenvalue weighted by Crippen LogP contribution is 2.32. The standard InChI is InChI=1S/C20H14ClFN2O3S2/c1-12-10-18(16-11-13(22)2-7-17(16)23-12)27-15-5-3-14(4-6-15)24-29(25,26)20-9-8-19(21)28-20/h2-11,24H,1H3. The Kier molecular flexibility index (Phi) is 5.16. The summed E-state index contributed by atoms with van der Waals surface area (Å²) in [5.41, 5.74) is 1.74. The molecule has 9 heteroatoms. The Bertz CT molecular complexity index is 1310. The lowest BCUT2D eigenvalue weighted by molar-refractivity contribution is 0.487. The predicted molar refractivity (Wildman–Crippen MR) is 113 cm³/mol. The molecule has 0 unspecified atom stereocenters. The summed E-state index contributed by atoms with van der Waals surface area (Å²) in [7, 11) is -3.71. The van der Waals surface area contributed by atoms with Crippen molar-refractivity contribution in [2.24, 2.45) is 0 Å². The number of hydrogen-bond acceptors (Lipinski definition) is 5. The van der Waals surface area contributed by atoms with Crippen molar-refractivity contribution in [2.45, 2.75) is 11.1 Å². The third-order valence-electron chi connectivity index (χ3n) is 4.01. The highest BCUT2D eigenvalue weighted by atomic mass is 35.5. The molecule has 1 N–H and O–H groups in total. The summed E-state index contributed by atoms with van der Waals surface area (Å²) < 4.78 is 47.3. The molecule has 4 rings (SSSR count). The van der Waals surface area contributed by atoms with Crippen LogP contribution in [0.15, 0.2) is 64.9 Å². The van der Waals surface area contributed by atoms with Crippen LogP contribution in [0.4, 0.5) is 10.1 Å². The predicted octanol–water partition coefficient (Wildman–Crippen LogP) is 5.99. The molecule has 2 heterocycles. The van der Waals surface area contributed by atoms with Crippen LogP contribution >= 0.6 is 22.9 Å². The zero-order valence-electron chi connectivity index (χ0n) is 15.0. The lowest BCUT2D eigenvalue weighted by atomic mass is 10.2. The van der Waals surface area contributed by atoms with Crippen molar-refractivity contribution in [1.29, 1.82) is 0 Å². The van der Waals surface area contributed by atoms with Crippen LogP contribution in [-0.2, 0) is 10.0 Å². The molecule has 5 nitrogen and oxygen atoms in total. The van der Waals surface area contributed by atoms with Crippen LogP contribution in [-0.4, -0.2) is 13.4 Å². The van der Waals surface area contributed by atoms with Crippen LogP contribution in [0.2, 0.25) is 4.34 Å². The maximum Gasteiger partial charge on any atom is 0.271 e. The van der Waals surface area contributed by atoms with E-state index in [4.69, 9.17) is 16.3 Å². The van der Waals surface area contributed by atoms with E-state index in [-0.39, 0.29) is 10.0 Å². The van der Waals surface area contributed by atoms with Gasteiger partial charge in [0.1, 0.15) is 21.5 Å². The van der Waals surface area contributed by atoms with E-state index in [1.165, 1.54) is 24.3 Å². The molecule has 2 aromatic heterocycles. The zero-order chi connectivity index (χ0) is 20.6. The van der Waals surface area contributed by atoms with Gasteiger partial charge in [-0.2, -0.15) is 0 Å². The molecule has 0 aliphatic heterocycles. The van der Waals surface area contributed by atoms with Crippen molar-refractivity contribution in [1.82, 2.24) is 4.98 Å². The number of benzene rings is 2. The fourth-order valence-corrected chi connectivity index (χ4v) is 5.28. The number of aromatic nitrogens is 1. The summed E-state index contributed by atoms with van der Waals surface area (Å²) in [5, 5.41) is 0.551. The number of halogens is 2. The van der Waals surface area contributed by atoms with Gasteiger partial charge in [-0.1, -0.05) is 11.6 Å². The number of thiophene rings is 1. The third kappa shape index (κ3) is 4.34. The number of nitrogens with zero attached hydrogens (tertiary/aromatic N) is 1. The van der Waals surface area contributed by atoms with E-state index in [9.17, 15) is 12.8 Å². The fraction of sp³-hybridized carbons (Fsp3) is 0.0500. The number of rotatable bonds is 5. The molecule has 0 spiro atoms. The average Bonchev–Trinajstić information content (AvgIpc) is 3.11. The van der Waals surface area contributed by atoms with Gasteiger partial charge < -0.3 is 4.74 Å². The first kappa shape index (κ1) is 19.6. The van der Waals surface area contributed by atoms with Crippen LogP contribution in [0.25, 0.3) is 10.9 Å². The molecule has 2 aromatic carbocycles. The van der Waals surface area contributed by atoms with E-state index < -0.39 is 10.0 Å². The minimum absolute atomic E-state index is 0.128. The Morgan fingerprint density at radius 3 is 2.52 bits per heavy atom. The van der Waals surface area contributed by atoms with Crippen molar-refractivity contribution >= 4 is 49.6 Å². The van der Waals surface area contributed by atoms with E-state index in [0.717, 1.165) is 17.0 Å². The lowest BCUT2D eigenvalue weighted by Crippen LogP contribution is -2.11. The molecule has 4 aromatic rings. The second kappa shape index (κ2) is 7.62. The SMILES string of the molecule is Cc1cc(Oc2ccc(NS(=O)(=O)c3ccc(Cl)s3)cc2)c2cc(F)ccc2n1. The van der Waals surface area contributed by atoms with Gasteiger partial charge in [-0.25, -0.2) is 12.8 Å². The number of ether oxygens (including phenoxy) is 1. The Morgan fingerprint density at radius 1 is 1.07 bits per heavy atom. The largest absolute Gasteiger partial charge is 0.457 e. The molecule has 0 aliphatic carbocycles. The molecule has 0 fully saturated rings. The first-order valence-corrected chi connectivity index (χ1v) is 11.1. The van der Waals surface area contributed by atoms with Gasteiger partial charge in [0.05, 0.1) is 9.85 Å². The van der Waals surface area contributed by atoms with Gasteiger partial charge in [-0.3, -0.25) is 9.71 Å². The number of hydrogen-bond donors (Lipinski definition) is 1. The number of anilines is 1. The molecular formula is C20H14ClFN2O3S2. The monoisotopic (exact) mass is 448 g/mol. The van der Waals surface area contributed by atoms with Crippen LogP contribution in [0, 0.1) is 12.7 Å². The maximum absolute atomic E-state index is 13.7. The van der Waals surface area contributed by atoms with Crippen LogP contribution < -0.4 is 9.46 Å². The van der Waals surface area contributed by atoms with E-state index in [2.05, 4.69) is 9.71 Å². The molecule has 29 heavy (non-hydrogen) atoms. The molecule has 0 bridgehead atoms. The van der Waals surface area contributed by atoms with Gasteiger partial charge in [-0.15, -0.1) is 11.3 Å². The third-order valence-corrected chi connectivity index (χ3v) is 7.11. The van der Waals surface area contributed by atoms with Crippen molar-refractivity contribution in [3.05, 3.63) is 76.5 Å². The van der Waals surface area contributed by atoms with E-state index in [0.29, 0.717) is 32.4 Å². The number of nitrogens with one attached hydrogen (secondary N) is 1. The molecule has 0 saturated heterocycles. The Balaban J connectivity index is 1.58. The second-order valence-electron chi connectivity index (χ2n) is 6.21. The van der Waals surface area contributed by atoms with Crippen LogP contribution in [0.3, 0.4) is 0 Å². The number of aryl methyl sites for hydroxylation is 1. The summed E-state index contributed by atoms with van der Waals surface area (Å²) in [6.45, 7) is 1.82. The molecule has 0 aliphatic rings. The van der Waals surface area contributed by atoms with Crippen LogP contribution in [0.5, 0.6) is 11.5 Å². The highest BCUT2D eigenvalue weighted by molar-refractivity contribution is 7.94. The topological polar surface area (TPSA) is 68.3 Å². The molecule has 0 atom stereocenters. The van der Waals surface area contributed by atoms with Crippen LogP contribution in [0.1, 0.15) is 5.69 Å². The van der Waals surface area contributed by atoms with Crippen molar-refractivity contribution < 1.29 is 17.5 Å². The smallest absolute Gasteiger partial charge is 0.271 e. The Hall–Kier alpha value is -2.68. The first-order chi connectivity index (χ1) is 13.8. The average molecular weight is 449 g/mol. The minimum Gasteiger partial charge on any atom is -0.457 e. The quantitative estimate of drug-likeness (QED) is 0.407. The van der Waals surface area contributed by atoms with E-state index in [1.807, 2.05) is 6.92 Å². The molecule has 0 radical (unpaired) electrons.